The highest BCUT2D eigenvalue weighted by atomic mass is 16.5. The summed E-state index contributed by atoms with van der Waals surface area (Å²) in [5.74, 6) is 0.513. The van der Waals surface area contributed by atoms with Crippen molar-refractivity contribution in [3.63, 3.8) is 0 Å². The average molecular weight is 281 g/mol. The van der Waals surface area contributed by atoms with Crippen LogP contribution >= 0.6 is 0 Å². The van der Waals surface area contributed by atoms with E-state index in [9.17, 15) is 4.79 Å². The summed E-state index contributed by atoms with van der Waals surface area (Å²) in [6.45, 7) is 0.302. The van der Waals surface area contributed by atoms with Crippen molar-refractivity contribution in [3.8, 4) is 5.75 Å². The molecule has 2 N–H and O–H groups in total. The normalized spacial score (nSPS) is 15.5. The molecular weight excluding hydrogens is 262 g/mol. The fraction of sp³-hybridized carbons (Fsp3) is 0.278. The van der Waals surface area contributed by atoms with Gasteiger partial charge in [0.1, 0.15) is 5.75 Å². The molecule has 1 saturated carbocycles. The minimum absolute atomic E-state index is 0.0462. The van der Waals surface area contributed by atoms with E-state index in [2.05, 4.69) is 0 Å². The molecule has 0 aliphatic heterocycles. The van der Waals surface area contributed by atoms with Crippen LogP contribution in [0.1, 0.15) is 34.7 Å². The first-order valence-electron chi connectivity index (χ1n) is 7.34. The van der Waals surface area contributed by atoms with Gasteiger partial charge in [-0.05, 0) is 30.5 Å². The Balaban J connectivity index is 1.82. The van der Waals surface area contributed by atoms with Gasteiger partial charge in [0.15, 0.2) is 5.78 Å². The maximum atomic E-state index is 12.7. The lowest BCUT2D eigenvalue weighted by Crippen LogP contribution is -2.21. The summed E-state index contributed by atoms with van der Waals surface area (Å²) >= 11 is 0. The van der Waals surface area contributed by atoms with Gasteiger partial charge in [0.25, 0.3) is 0 Å². The van der Waals surface area contributed by atoms with E-state index in [-0.39, 0.29) is 11.7 Å². The van der Waals surface area contributed by atoms with Crippen molar-refractivity contribution in [3.05, 3.63) is 65.7 Å². The third kappa shape index (κ3) is 3.31. The standard InChI is InChI=1S/C18H19NO2/c19-12-17(13-5-2-1-3-6-13)18(20)14-7-4-8-16(11-14)21-15-9-10-15/h1-8,11,15,17H,9-10,12,19H2. The molecule has 21 heavy (non-hydrogen) atoms. The van der Waals surface area contributed by atoms with Crippen LogP contribution in [-0.2, 0) is 0 Å². The summed E-state index contributed by atoms with van der Waals surface area (Å²) in [6.07, 6.45) is 2.54. The number of benzene rings is 2. The molecule has 3 heteroatoms. The Morgan fingerprint density at radius 1 is 1.14 bits per heavy atom. The topological polar surface area (TPSA) is 52.3 Å². The summed E-state index contributed by atoms with van der Waals surface area (Å²) in [4.78, 5) is 12.7. The zero-order chi connectivity index (χ0) is 14.7. The van der Waals surface area contributed by atoms with Crippen LogP contribution in [-0.4, -0.2) is 18.4 Å². The third-order valence-electron chi connectivity index (χ3n) is 3.70. The minimum Gasteiger partial charge on any atom is -0.490 e. The molecule has 3 nitrogen and oxygen atoms in total. The Kier molecular flexibility index (Phi) is 4.02. The van der Waals surface area contributed by atoms with E-state index in [1.807, 2.05) is 54.6 Å². The predicted octanol–water partition coefficient (Wildman–Crippen LogP) is 3.15. The van der Waals surface area contributed by atoms with Gasteiger partial charge >= 0.3 is 0 Å². The lowest BCUT2D eigenvalue weighted by Gasteiger charge is -2.15. The summed E-state index contributed by atoms with van der Waals surface area (Å²) in [5.41, 5.74) is 7.44. The second-order valence-electron chi connectivity index (χ2n) is 5.41. The van der Waals surface area contributed by atoms with Gasteiger partial charge in [0.2, 0.25) is 0 Å². The average Bonchev–Trinajstić information content (AvgIpc) is 3.33. The minimum atomic E-state index is -0.303. The van der Waals surface area contributed by atoms with Crippen molar-refractivity contribution < 1.29 is 9.53 Å². The van der Waals surface area contributed by atoms with Gasteiger partial charge in [-0.15, -0.1) is 0 Å². The largest absolute Gasteiger partial charge is 0.490 e. The van der Waals surface area contributed by atoms with Gasteiger partial charge in [0.05, 0.1) is 12.0 Å². The SMILES string of the molecule is NCC(C(=O)c1cccc(OC2CC2)c1)c1ccccc1. The van der Waals surface area contributed by atoms with E-state index >= 15 is 0 Å². The monoisotopic (exact) mass is 281 g/mol. The third-order valence-corrected chi connectivity index (χ3v) is 3.70. The molecule has 0 spiro atoms. The van der Waals surface area contributed by atoms with Crippen LogP contribution in [0, 0.1) is 0 Å². The number of rotatable bonds is 6. The molecule has 1 unspecified atom stereocenters. The molecule has 0 amide bonds. The fourth-order valence-electron chi connectivity index (χ4n) is 2.38. The van der Waals surface area contributed by atoms with Crippen molar-refractivity contribution in [1.82, 2.24) is 0 Å². The van der Waals surface area contributed by atoms with Crippen LogP contribution in [0.15, 0.2) is 54.6 Å². The molecule has 3 rings (SSSR count). The van der Waals surface area contributed by atoms with Crippen molar-refractivity contribution in [2.45, 2.75) is 24.9 Å². The van der Waals surface area contributed by atoms with Gasteiger partial charge < -0.3 is 10.5 Å². The highest BCUT2D eigenvalue weighted by Crippen LogP contribution is 2.28. The fourth-order valence-corrected chi connectivity index (χ4v) is 2.38. The summed E-state index contributed by atoms with van der Waals surface area (Å²) in [5, 5.41) is 0. The Morgan fingerprint density at radius 2 is 1.90 bits per heavy atom. The van der Waals surface area contributed by atoms with Crippen LogP contribution in [0.25, 0.3) is 0 Å². The molecule has 1 aliphatic carbocycles. The Hall–Kier alpha value is -2.13. The molecule has 1 atom stereocenters. The molecular formula is C18H19NO2. The second kappa shape index (κ2) is 6.10. The Bertz CT molecular complexity index is 620. The summed E-state index contributed by atoms with van der Waals surface area (Å²) in [6, 6.07) is 17.1. The molecule has 2 aromatic carbocycles. The van der Waals surface area contributed by atoms with Gasteiger partial charge in [-0.3, -0.25) is 4.79 Å². The van der Waals surface area contributed by atoms with Crippen LogP contribution < -0.4 is 10.5 Å². The van der Waals surface area contributed by atoms with Crippen LogP contribution in [0.4, 0.5) is 0 Å². The highest BCUT2D eigenvalue weighted by molar-refractivity contribution is 6.01. The van der Waals surface area contributed by atoms with E-state index < -0.39 is 0 Å². The second-order valence-corrected chi connectivity index (χ2v) is 5.41. The number of hydrogen-bond acceptors (Lipinski definition) is 3. The Morgan fingerprint density at radius 3 is 2.57 bits per heavy atom. The van der Waals surface area contributed by atoms with Crippen molar-refractivity contribution in [1.29, 1.82) is 0 Å². The predicted molar refractivity (Wildman–Crippen MR) is 82.7 cm³/mol. The highest BCUT2D eigenvalue weighted by Gasteiger charge is 2.25. The van der Waals surface area contributed by atoms with Crippen LogP contribution in [0.3, 0.4) is 0 Å². The van der Waals surface area contributed by atoms with Crippen LogP contribution in [0.2, 0.25) is 0 Å². The molecule has 108 valence electrons. The molecule has 0 saturated heterocycles. The maximum absolute atomic E-state index is 12.7. The molecule has 0 heterocycles. The van der Waals surface area contributed by atoms with E-state index in [0.717, 1.165) is 24.2 Å². The smallest absolute Gasteiger partial charge is 0.171 e. The quantitative estimate of drug-likeness (QED) is 0.827. The van der Waals surface area contributed by atoms with E-state index in [4.69, 9.17) is 10.5 Å². The zero-order valence-corrected chi connectivity index (χ0v) is 11.9. The molecule has 0 bridgehead atoms. The van der Waals surface area contributed by atoms with Crippen molar-refractivity contribution >= 4 is 5.78 Å². The lowest BCUT2D eigenvalue weighted by atomic mass is 9.91. The number of ketones is 1. The first-order chi connectivity index (χ1) is 10.3. The first kappa shape index (κ1) is 13.8. The number of ether oxygens (including phenoxy) is 1. The Labute approximate surface area is 124 Å². The van der Waals surface area contributed by atoms with Gasteiger partial charge in [0, 0.05) is 12.1 Å². The number of hydrogen-bond donors (Lipinski definition) is 1. The maximum Gasteiger partial charge on any atom is 0.171 e. The molecule has 0 radical (unpaired) electrons. The van der Waals surface area contributed by atoms with E-state index in [0.29, 0.717) is 18.2 Å². The van der Waals surface area contributed by atoms with Gasteiger partial charge in [-0.1, -0.05) is 42.5 Å². The molecule has 1 fully saturated rings. The van der Waals surface area contributed by atoms with E-state index in [1.165, 1.54) is 0 Å². The van der Waals surface area contributed by atoms with E-state index in [1.54, 1.807) is 0 Å². The van der Waals surface area contributed by atoms with Crippen LogP contribution in [0.5, 0.6) is 5.75 Å². The van der Waals surface area contributed by atoms with Gasteiger partial charge in [-0.2, -0.15) is 0 Å². The van der Waals surface area contributed by atoms with Gasteiger partial charge in [-0.25, -0.2) is 0 Å². The molecule has 2 aromatic rings. The zero-order valence-electron chi connectivity index (χ0n) is 11.9. The summed E-state index contributed by atoms with van der Waals surface area (Å²) < 4.78 is 5.75. The molecule has 1 aliphatic rings. The number of carbonyl (C=O) groups excluding carboxylic acids is 1. The number of nitrogens with two attached hydrogens (primary N) is 1. The summed E-state index contributed by atoms with van der Waals surface area (Å²) in [7, 11) is 0. The first-order valence-corrected chi connectivity index (χ1v) is 7.34. The number of carbonyl (C=O) groups is 1. The molecule has 0 aromatic heterocycles. The number of Topliss-reactive ketones (excluding diaryl/α,β-unsaturated/α-hetero) is 1. The van der Waals surface area contributed by atoms with Crippen molar-refractivity contribution in [2.75, 3.05) is 6.54 Å². The lowest BCUT2D eigenvalue weighted by molar-refractivity contribution is 0.0962. The van der Waals surface area contributed by atoms with Crippen molar-refractivity contribution in [2.24, 2.45) is 5.73 Å².